The minimum Gasteiger partial charge on any atom is -0.352 e. The monoisotopic (exact) mass is 246 g/mol. The molecule has 1 aliphatic carbocycles. The number of nitrogens with two attached hydrogens (primary N) is 1. The molecule has 0 atom stereocenters. The Bertz CT molecular complexity index is 419. The molecular formula is C15H22N2O. The Morgan fingerprint density at radius 2 is 2.22 bits per heavy atom. The molecule has 0 radical (unpaired) electrons. The van der Waals surface area contributed by atoms with Crippen LogP contribution in [0.1, 0.15) is 36.8 Å². The highest BCUT2D eigenvalue weighted by atomic mass is 16.1. The van der Waals surface area contributed by atoms with E-state index in [0.29, 0.717) is 19.5 Å². The first-order chi connectivity index (χ1) is 8.63. The third kappa shape index (κ3) is 3.10. The SMILES string of the molecule is Cc1cccc(CNC(=O)CC2(CN)CCC2)c1. The molecule has 0 saturated heterocycles. The number of benzene rings is 1. The Labute approximate surface area is 109 Å². The summed E-state index contributed by atoms with van der Waals surface area (Å²) >= 11 is 0. The van der Waals surface area contributed by atoms with Crippen molar-refractivity contribution in [2.75, 3.05) is 6.54 Å². The second-order valence-electron chi connectivity index (χ2n) is 5.50. The molecule has 18 heavy (non-hydrogen) atoms. The van der Waals surface area contributed by atoms with Gasteiger partial charge in [-0.1, -0.05) is 36.2 Å². The van der Waals surface area contributed by atoms with Gasteiger partial charge < -0.3 is 11.1 Å². The van der Waals surface area contributed by atoms with Crippen molar-refractivity contribution >= 4 is 5.91 Å². The van der Waals surface area contributed by atoms with E-state index in [1.165, 1.54) is 12.0 Å². The van der Waals surface area contributed by atoms with Crippen molar-refractivity contribution in [3.05, 3.63) is 35.4 Å². The largest absolute Gasteiger partial charge is 0.352 e. The topological polar surface area (TPSA) is 55.1 Å². The van der Waals surface area contributed by atoms with Crippen molar-refractivity contribution in [3.63, 3.8) is 0 Å². The minimum absolute atomic E-state index is 0.0939. The van der Waals surface area contributed by atoms with Gasteiger partial charge in [-0.3, -0.25) is 4.79 Å². The summed E-state index contributed by atoms with van der Waals surface area (Å²) < 4.78 is 0. The van der Waals surface area contributed by atoms with Gasteiger partial charge in [-0.2, -0.15) is 0 Å². The highest BCUT2D eigenvalue weighted by Crippen LogP contribution is 2.42. The van der Waals surface area contributed by atoms with Crippen LogP contribution in [0.3, 0.4) is 0 Å². The number of carbonyl (C=O) groups excluding carboxylic acids is 1. The highest BCUT2D eigenvalue weighted by molar-refractivity contribution is 5.76. The van der Waals surface area contributed by atoms with Gasteiger partial charge in [-0.15, -0.1) is 0 Å². The summed E-state index contributed by atoms with van der Waals surface area (Å²) in [6.45, 7) is 3.30. The van der Waals surface area contributed by atoms with Gasteiger partial charge in [-0.05, 0) is 37.3 Å². The van der Waals surface area contributed by atoms with E-state index in [1.807, 2.05) is 12.1 Å². The van der Waals surface area contributed by atoms with Crippen LogP contribution in [0, 0.1) is 12.3 Å². The molecule has 0 bridgehead atoms. The fourth-order valence-corrected chi connectivity index (χ4v) is 2.56. The molecule has 0 aromatic heterocycles. The van der Waals surface area contributed by atoms with Gasteiger partial charge in [0.15, 0.2) is 0 Å². The first-order valence-electron chi connectivity index (χ1n) is 6.66. The van der Waals surface area contributed by atoms with Gasteiger partial charge in [0.05, 0.1) is 0 Å². The molecular weight excluding hydrogens is 224 g/mol. The van der Waals surface area contributed by atoms with Gasteiger partial charge >= 0.3 is 0 Å². The summed E-state index contributed by atoms with van der Waals surface area (Å²) in [5.41, 5.74) is 8.23. The Balaban J connectivity index is 1.81. The van der Waals surface area contributed by atoms with E-state index in [2.05, 4.69) is 24.4 Å². The van der Waals surface area contributed by atoms with E-state index in [-0.39, 0.29) is 11.3 Å². The lowest BCUT2D eigenvalue weighted by atomic mass is 9.66. The van der Waals surface area contributed by atoms with Crippen LogP contribution in [0.15, 0.2) is 24.3 Å². The first-order valence-corrected chi connectivity index (χ1v) is 6.66. The maximum Gasteiger partial charge on any atom is 0.220 e. The zero-order valence-corrected chi connectivity index (χ0v) is 11.0. The molecule has 1 saturated carbocycles. The van der Waals surface area contributed by atoms with Crippen LogP contribution in [-0.2, 0) is 11.3 Å². The van der Waals surface area contributed by atoms with E-state index in [0.717, 1.165) is 18.4 Å². The molecule has 3 N–H and O–H groups in total. The molecule has 3 heteroatoms. The van der Waals surface area contributed by atoms with Crippen LogP contribution >= 0.6 is 0 Å². The van der Waals surface area contributed by atoms with E-state index in [9.17, 15) is 4.79 Å². The average Bonchev–Trinajstić information content (AvgIpc) is 2.31. The normalized spacial score (nSPS) is 17.0. The van der Waals surface area contributed by atoms with Gasteiger partial charge in [0.2, 0.25) is 5.91 Å². The number of aryl methyl sites for hydroxylation is 1. The lowest BCUT2D eigenvalue weighted by molar-refractivity contribution is -0.124. The Hall–Kier alpha value is -1.35. The van der Waals surface area contributed by atoms with Gasteiger partial charge in [-0.25, -0.2) is 0 Å². The van der Waals surface area contributed by atoms with Crippen molar-refractivity contribution in [2.24, 2.45) is 11.1 Å². The van der Waals surface area contributed by atoms with Crippen molar-refractivity contribution in [1.29, 1.82) is 0 Å². The van der Waals surface area contributed by atoms with Gasteiger partial charge in [0, 0.05) is 13.0 Å². The van der Waals surface area contributed by atoms with E-state index in [1.54, 1.807) is 0 Å². The number of amides is 1. The Kier molecular flexibility index (Phi) is 4.02. The van der Waals surface area contributed by atoms with Crippen LogP contribution in [-0.4, -0.2) is 12.5 Å². The first kappa shape index (κ1) is 13.1. The molecule has 1 amide bonds. The number of hydrogen-bond acceptors (Lipinski definition) is 2. The summed E-state index contributed by atoms with van der Waals surface area (Å²) in [6, 6.07) is 8.21. The maximum absolute atomic E-state index is 11.9. The molecule has 0 heterocycles. The highest BCUT2D eigenvalue weighted by Gasteiger charge is 2.37. The number of hydrogen-bond donors (Lipinski definition) is 2. The van der Waals surface area contributed by atoms with Crippen LogP contribution in [0.5, 0.6) is 0 Å². The fourth-order valence-electron chi connectivity index (χ4n) is 2.56. The summed E-state index contributed by atoms with van der Waals surface area (Å²) in [5, 5.41) is 2.99. The summed E-state index contributed by atoms with van der Waals surface area (Å²) in [4.78, 5) is 11.9. The molecule has 1 aliphatic rings. The fraction of sp³-hybridized carbons (Fsp3) is 0.533. The maximum atomic E-state index is 11.9. The minimum atomic E-state index is 0.0939. The number of carbonyl (C=O) groups is 1. The predicted octanol–water partition coefficient (Wildman–Crippen LogP) is 2.13. The molecule has 0 unspecified atom stereocenters. The van der Waals surface area contributed by atoms with Crippen molar-refractivity contribution in [1.82, 2.24) is 5.32 Å². The molecule has 1 fully saturated rings. The molecule has 1 aromatic rings. The molecule has 0 aliphatic heterocycles. The van der Waals surface area contributed by atoms with E-state index < -0.39 is 0 Å². The van der Waals surface area contributed by atoms with Crippen LogP contribution in [0.2, 0.25) is 0 Å². The van der Waals surface area contributed by atoms with Gasteiger partial charge in [0.1, 0.15) is 0 Å². The van der Waals surface area contributed by atoms with Gasteiger partial charge in [0.25, 0.3) is 0 Å². The summed E-state index contributed by atoms with van der Waals surface area (Å²) in [5.74, 6) is 0.127. The predicted molar refractivity (Wildman–Crippen MR) is 73.0 cm³/mol. The van der Waals surface area contributed by atoms with E-state index in [4.69, 9.17) is 5.73 Å². The number of nitrogens with one attached hydrogen (secondary N) is 1. The lowest BCUT2D eigenvalue weighted by Crippen LogP contribution is -2.41. The zero-order valence-electron chi connectivity index (χ0n) is 11.0. The molecule has 2 rings (SSSR count). The second kappa shape index (κ2) is 5.53. The summed E-state index contributed by atoms with van der Waals surface area (Å²) in [7, 11) is 0. The molecule has 3 nitrogen and oxygen atoms in total. The molecule has 0 spiro atoms. The zero-order chi connectivity index (χ0) is 13.0. The van der Waals surface area contributed by atoms with Crippen LogP contribution in [0.25, 0.3) is 0 Å². The Morgan fingerprint density at radius 1 is 1.44 bits per heavy atom. The molecule has 98 valence electrons. The standard InChI is InChI=1S/C15H22N2O/c1-12-4-2-5-13(8-12)10-17-14(18)9-15(11-16)6-3-7-15/h2,4-5,8H,3,6-7,9-11,16H2,1H3,(H,17,18). The number of rotatable bonds is 5. The van der Waals surface area contributed by atoms with Crippen molar-refractivity contribution in [2.45, 2.75) is 39.2 Å². The third-order valence-corrected chi connectivity index (χ3v) is 3.95. The second-order valence-corrected chi connectivity index (χ2v) is 5.50. The van der Waals surface area contributed by atoms with Crippen molar-refractivity contribution < 1.29 is 4.79 Å². The third-order valence-electron chi connectivity index (χ3n) is 3.95. The smallest absolute Gasteiger partial charge is 0.220 e. The quantitative estimate of drug-likeness (QED) is 0.836. The summed E-state index contributed by atoms with van der Waals surface area (Å²) in [6.07, 6.45) is 3.99. The van der Waals surface area contributed by atoms with Crippen LogP contribution < -0.4 is 11.1 Å². The average molecular weight is 246 g/mol. The van der Waals surface area contributed by atoms with E-state index >= 15 is 0 Å². The van der Waals surface area contributed by atoms with Crippen molar-refractivity contribution in [3.8, 4) is 0 Å². The Morgan fingerprint density at radius 3 is 2.78 bits per heavy atom. The van der Waals surface area contributed by atoms with Crippen LogP contribution in [0.4, 0.5) is 0 Å². The molecule has 1 aromatic carbocycles. The lowest BCUT2D eigenvalue weighted by Gasteiger charge is -2.40.